The number of nitrogens with zero attached hydrogens (tertiary/aromatic N) is 6. The Kier molecular flexibility index (Phi) is 4.67. The van der Waals surface area contributed by atoms with Gasteiger partial charge in [0.05, 0.1) is 17.8 Å². The maximum absolute atomic E-state index is 14.2. The number of fused-ring (bicyclic) bond motifs is 1. The third kappa shape index (κ3) is 3.29. The van der Waals surface area contributed by atoms with Crippen LogP contribution in [0.1, 0.15) is 24.4 Å². The largest absolute Gasteiger partial charge is 0.465 e. The molecule has 11 heteroatoms. The molecule has 3 aromatic rings. The van der Waals surface area contributed by atoms with Crippen molar-refractivity contribution in [2.24, 2.45) is 0 Å². The van der Waals surface area contributed by atoms with Gasteiger partial charge in [-0.1, -0.05) is 0 Å². The fourth-order valence-electron chi connectivity index (χ4n) is 3.31. The number of ether oxygens (including phenoxy) is 1. The number of carbonyl (C=O) groups is 1. The molecule has 0 spiro atoms. The molecule has 0 saturated carbocycles. The smallest absolute Gasteiger partial charge is 0.407 e. The van der Waals surface area contributed by atoms with E-state index in [4.69, 9.17) is 15.1 Å². The molecule has 0 radical (unpaired) electrons. The lowest BCUT2D eigenvalue weighted by atomic mass is 10.1. The summed E-state index contributed by atoms with van der Waals surface area (Å²) in [6.45, 7) is 0.742. The Labute approximate surface area is 162 Å². The lowest BCUT2D eigenvalue weighted by Gasteiger charge is -2.30. The summed E-state index contributed by atoms with van der Waals surface area (Å²) in [6.07, 6.45) is 2.79. The van der Waals surface area contributed by atoms with Crippen molar-refractivity contribution in [3.05, 3.63) is 41.9 Å². The van der Waals surface area contributed by atoms with E-state index in [1.165, 1.54) is 17.4 Å². The van der Waals surface area contributed by atoms with E-state index in [9.17, 15) is 13.6 Å². The lowest BCUT2D eigenvalue weighted by Crippen LogP contribution is -2.38. The second-order valence-corrected chi connectivity index (χ2v) is 6.46. The SMILES string of the molecule is N#Cc1ccc(F)c(F)c1Oc1ncnc2c1cnn2C1CCN(C(=O)O)CC1. The predicted molar refractivity (Wildman–Crippen MR) is 94.3 cm³/mol. The van der Waals surface area contributed by atoms with Crippen LogP contribution in [0, 0.1) is 23.0 Å². The van der Waals surface area contributed by atoms with E-state index in [1.807, 2.05) is 0 Å². The summed E-state index contributed by atoms with van der Waals surface area (Å²) in [7, 11) is 0. The number of piperidine rings is 1. The van der Waals surface area contributed by atoms with Crippen molar-refractivity contribution < 1.29 is 23.4 Å². The predicted octanol–water partition coefficient (Wildman–Crippen LogP) is 3.08. The minimum Gasteiger partial charge on any atom is -0.465 e. The maximum atomic E-state index is 14.2. The number of likely N-dealkylation sites (tertiary alicyclic amines) is 1. The first kappa shape index (κ1) is 18.5. The van der Waals surface area contributed by atoms with Gasteiger partial charge in [0.2, 0.25) is 11.7 Å². The van der Waals surface area contributed by atoms with E-state index in [2.05, 4.69) is 15.1 Å². The number of halogens is 2. The molecule has 3 heterocycles. The molecule has 0 unspecified atom stereocenters. The average Bonchev–Trinajstić information content (AvgIpc) is 3.17. The molecule has 0 atom stereocenters. The van der Waals surface area contributed by atoms with E-state index >= 15 is 0 Å². The molecule has 29 heavy (non-hydrogen) atoms. The number of rotatable bonds is 3. The molecule has 2 aromatic heterocycles. The van der Waals surface area contributed by atoms with E-state index in [0.29, 0.717) is 37.0 Å². The number of amides is 1. The van der Waals surface area contributed by atoms with Gasteiger partial charge in [0.15, 0.2) is 17.2 Å². The highest BCUT2D eigenvalue weighted by molar-refractivity contribution is 5.80. The second-order valence-electron chi connectivity index (χ2n) is 6.46. The second kappa shape index (κ2) is 7.31. The van der Waals surface area contributed by atoms with Crippen LogP contribution < -0.4 is 4.74 Å². The highest BCUT2D eigenvalue weighted by Crippen LogP contribution is 2.33. The van der Waals surface area contributed by atoms with Gasteiger partial charge in [0, 0.05) is 13.1 Å². The first-order valence-corrected chi connectivity index (χ1v) is 8.71. The molecule has 1 saturated heterocycles. The minimum absolute atomic E-state index is 0.0646. The molecule has 1 aromatic carbocycles. The number of hydrogen-bond donors (Lipinski definition) is 1. The van der Waals surface area contributed by atoms with Gasteiger partial charge in [-0.25, -0.2) is 23.8 Å². The third-order valence-corrected chi connectivity index (χ3v) is 4.80. The molecular formula is C18H14F2N6O3. The van der Waals surface area contributed by atoms with Crippen molar-refractivity contribution in [1.29, 1.82) is 5.26 Å². The van der Waals surface area contributed by atoms with Crippen LogP contribution in [0.2, 0.25) is 0 Å². The maximum Gasteiger partial charge on any atom is 0.407 e. The Morgan fingerprint density at radius 1 is 1.28 bits per heavy atom. The standard InChI is InChI=1S/C18H14F2N6O3/c19-13-2-1-10(7-21)15(14(13)20)29-17-12-8-24-26(16(12)22-9-23-17)11-3-5-25(6-4-11)18(27)28/h1-2,8-9,11H,3-6H2,(H,27,28). The first-order valence-electron chi connectivity index (χ1n) is 8.71. The zero-order chi connectivity index (χ0) is 20.5. The third-order valence-electron chi connectivity index (χ3n) is 4.80. The normalized spacial score (nSPS) is 14.7. The summed E-state index contributed by atoms with van der Waals surface area (Å²) in [5.41, 5.74) is 0.239. The number of nitriles is 1. The Bertz CT molecular complexity index is 1130. The quantitative estimate of drug-likeness (QED) is 0.718. The Balaban J connectivity index is 1.67. The molecule has 1 N–H and O–H groups in total. The van der Waals surface area contributed by atoms with Crippen molar-refractivity contribution in [2.45, 2.75) is 18.9 Å². The first-order chi connectivity index (χ1) is 14.0. The van der Waals surface area contributed by atoms with Crippen LogP contribution in [-0.2, 0) is 0 Å². The van der Waals surface area contributed by atoms with E-state index in [-0.39, 0.29) is 17.5 Å². The highest BCUT2D eigenvalue weighted by Gasteiger charge is 2.26. The molecule has 1 aliphatic heterocycles. The van der Waals surface area contributed by atoms with E-state index in [0.717, 1.165) is 12.1 Å². The zero-order valence-corrected chi connectivity index (χ0v) is 14.9. The molecule has 0 bridgehead atoms. The summed E-state index contributed by atoms with van der Waals surface area (Å²) in [5.74, 6) is -3.06. The Hall–Kier alpha value is -3.81. The molecule has 1 amide bonds. The minimum atomic E-state index is -1.29. The van der Waals surface area contributed by atoms with Gasteiger partial charge in [-0.05, 0) is 25.0 Å². The summed E-state index contributed by atoms with van der Waals surface area (Å²) >= 11 is 0. The van der Waals surface area contributed by atoms with Crippen LogP contribution in [-0.4, -0.2) is 48.9 Å². The number of aromatic nitrogens is 4. The molecule has 1 aliphatic rings. The average molecular weight is 400 g/mol. The van der Waals surface area contributed by atoms with Gasteiger partial charge >= 0.3 is 6.09 Å². The van der Waals surface area contributed by atoms with Crippen molar-refractivity contribution in [1.82, 2.24) is 24.6 Å². The summed E-state index contributed by atoms with van der Waals surface area (Å²) in [4.78, 5) is 20.6. The fraction of sp³-hybridized carbons (Fsp3) is 0.278. The van der Waals surface area contributed by atoms with Crippen LogP contribution in [0.5, 0.6) is 11.6 Å². The van der Waals surface area contributed by atoms with Gasteiger partial charge < -0.3 is 14.7 Å². The topological polar surface area (TPSA) is 117 Å². The van der Waals surface area contributed by atoms with Crippen LogP contribution in [0.25, 0.3) is 11.0 Å². The van der Waals surface area contributed by atoms with Gasteiger partial charge in [-0.3, -0.25) is 0 Å². The molecule has 1 fully saturated rings. The van der Waals surface area contributed by atoms with Gasteiger partial charge in [-0.15, -0.1) is 0 Å². The number of carboxylic acid groups (broad SMARTS) is 1. The van der Waals surface area contributed by atoms with Gasteiger partial charge in [-0.2, -0.15) is 14.8 Å². The number of benzene rings is 1. The van der Waals surface area contributed by atoms with Gasteiger partial charge in [0.25, 0.3) is 0 Å². The van der Waals surface area contributed by atoms with E-state index in [1.54, 1.807) is 10.8 Å². The summed E-state index contributed by atoms with van der Waals surface area (Å²) in [5, 5.41) is 22.9. The lowest BCUT2D eigenvalue weighted by molar-refractivity contribution is 0.124. The van der Waals surface area contributed by atoms with E-state index < -0.39 is 23.5 Å². The monoisotopic (exact) mass is 400 g/mol. The summed E-state index contributed by atoms with van der Waals surface area (Å²) in [6, 6.07) is 3.64. The Morgan fingerprint density at radius 2 is 2.03 bits per heavy atom. The molecule has 148 valence electrons. The zero-order valence-electron chi connectivity index (χ0n) is 14.9. The van der Waals surface area contributed by atoms with Crippen LogP contribution in [0.4, 0.5) is 13.6 Å². The molecule has 9 nitrogen and oxygen atoms in total. The van der Waals surface area contributed by atoms with Crippen LogP contribution in [0.3, 0.4) is 0 Å². The van der Waals surface area contributed by atoms with Crippen molar-refractivity contribution in [2.75, 3.05) is 13.1 Å². The van der Waals surface area contributed by atoms with Crippen molar-refractivity contribution in [3.63, 3.8) is 0 Å². The Morgan fingerprint density at radius 3 is 2.72 bits per heavy atom. The molecule has 4 rings (SSSR count). The molecular weight excluding hydrogens is 386 g/mol. The van der Waals surface area contributed by atoms with Crippen LogP contribution in [0.15, 0.2) is 24.7 Å². The fourth-order valence-corrected chi connectivity index (χ4v) is 3.31. The van der Waals surface area contributed by atoms with Crippen molar-refractivity contribution in [3.8, 4) is 17.7 Å². The highest BCUT2D eigenvalue weighted by atomic mass is 19.2. The van der Waals surface area contributed by atoms with Crippen molar-refractivity contribution >= 4 is 17.1 Å². The molecule has 0 aliphatic carbocycles. The van der Waals surface area contributed by atoms with Gasteiger partial charge in [0.1, 0.15) is 17.8 Å². The summed E-state index contributed by atoms with van der Waals surface area (Å²) < 4.78 is 34.8. The van der Waals surface area contributed by atoms with Crippen LogP contribution >= 0.6 is 0 Å². The number of hydrogen-bond acceptors (Lipinski definition) is 6.